The van der Waals surface area contributed by atoms with Crippen molar-refractivity contribution >= 4 is 23.3 Å². The molecule has 0 saturated carbocycles. The monoisotopic (exact) mass is 311 g/mol. The van der Waals surface area contributed by atoms with Crippen LogP contribution < -0.4 is 5.32 Å². The Bertz CT molecular complexity index is 488. The summed E-state index contributed by atoms with van der Waals surface area (Å²) in [5.74, 6) is 0.644. The van der Waals surface area contributed by atoms with E-state index in [-0.39, 0.29) is 12.0 Å². The molecule has 1 N–H and O–H groups in total. The van der Waals surface area contributed by atoms with Crippen LogP contribution in [0.5, 0.6) is 0 Å². The maximum Gasteiger partial charge on any atom is 0.255 e. The van der Waals surface area contributed by atoms with Gasteiger partial charge in [0.1, 0.15) is 5.82 Å². The number of piperidine rings is 1. The molecule has 0 atom stereocenters. The largest absolute Gasteiger partial charge is 0.378 e. The number of rotatable bonds is 5. The van der Waals surface area contributed by atoms with E-state index in [9.17, 15) is 4.79 Å². The highest BCUT2D eigenvalue weighted by Gasteiger charge is 2.25. The molecule has 1 amide bonds. The Morgan fingerprint density at radius 1 is 1.48 bits per heavy atom. The topological polar surface area (TPSA) is 54.5 Å². The van der Waals surface area contributed by atoms with E-state index in [0.717, 1.165) is 26.0 Å². The van der Waals surface area contributed by atoms with E-state index in [1.807, 2.05) is 18.7 Å². The lowest BCUT2D eigenvalue weighted by molar-refractivity contribution is 0.0146. The second-order valence-electron chi connectivity index (χ2n) is 5.03. The van der Waals surface area contributed by atoms with E-state index in [2.05, 4.69) is 10.3 Å². The van der Waals surface area contributed by atoms with Crippen molar-refractivity contribution in [3.63, 3.8) is 0 Å². The fraction of sp³-hybridized carbons (Fsp3) is 0.600. The average Bonchev–Trinajstić information content (AvgIpc) is 2.50. The number of amides is 1. The molecule has 1 saturated heterocycles. The normalized spacial score (nSPS) is 16.0. The number of ether oxygens (including phenoxy) is 1. The molecule has 2 rings (SSSR count). The highest BCUT2D eigenvalue weighted by atomic mass is 35.5. The molecule has 1 aliphatic heterocycles. The number of pyridine rings is 1. The second kappa shape index (κ2) is 7.61. The van der Waals surface area contributed by atoms with Crippen molar-refractivity contribution in [2.45, 2.75) is 32.8 Å². The lowest BCUT2D eigenvalue weighted by Gasteiger charge is -2.32. The number of nitrogens with zero attached hydrogens (tertiary/aromatic N) is 2. The predicted molar refractivity (Wildman–Crippen MR) is 84.0 cm³/mol. The van der Waals surface area contributed by atoms with Crippen molar-refractivity contribution in [3.8, 4) is 0 Å². The molecular weight excluding hydrogens is 290 g/mol. The van der Waals surface area contributed by atoms with Gasteiger partial charge < -0.3 is 15.0 Å². The summed E-state index contributed by atoms with van der Waals surface area (Å²) in [6.45, 7) is 6.87. The molecule has 5 nitrogen and oxygen atoms in total. The molecule has 1 aromatic heterocycles. The van der Waals surface area contributed by atoms with Gasteiger partial charge in [-0.25, -0.2) is 4.98 Å². The molecule has 1 fully saturated rings. The van der Waals surface area contributed by atoms with Crippen molar-refractivity contribution in [1.82, 2.24) is 9.88 Å². The third-order valence-corrected chi connectivity index (χ3v) is 3.88. The van der Waals surface area contributed by atoms with Crippen LogP contribution in [-0.2, 0) is 4.74 Å². The van der Waals surface area contributed by atoms with Gasteiger partial charge in [0, 0.05) is 32.4 Å². The van der Waals surface area contributed by atoms with Gasteiger partial charge in [-0.05, 0) is 32.8 Å². The Hall–Kier alpha value is -1.33. The average molecular weight is 312 g/mol. The lowest BCUT2D eigenvalue weighted by Crippen LogP contribution is -2.41. The van der Waals surface area contributed by atoms with Crippen LogP contribution in [-0.4, -0.2) is 48.1 Å². The van der Waals surface area contributed by atoms with Crippen molar-refractivity contribution in [1.29, 1.82) is 0 Å². The number of anilines is 1. The molecule has 0 spiro atoms. The van der Waals surface area contributed by atoms with Crippen LogP contribution in [0, 0.1) is 0 Å². The van der Waals surface area contributed by atoms with Gasteiger partial charge in [-0.2, -0.15) is 0 Å². The quantitative estimate of drug-likeness (QED) is 0.908. The van der Waals surface area contributed by atoms with Crippen LogP contribution in [0.25, 0.3) is 0 Å². The Balaban J connectivity index is 2.05. The number of hydrogen-bond donors (Lipinski definition) is 1. The second-order valence-corrected chi connectivity index (χ2v) is 5.43. The molecule has 0 aliphatic carbocycles. The maximum absolute atomic E-state index is 12.6. The number of carbonyl (C=O) groups excluding carboxylic acids is 1. The molecular formula is C15H22ClN3O2. The van der Waals surface area contributed by atoms with Crippen molar-refractivity contribution < 1.29 is 9.53 Å². The van der Waals surface area contributed by atoms with E-state index in [4.69, 9.17) is 16.3 Å². The van der Waals surface area contributed by atoms with Gasteiger partial charge in [-0.1, -0.05) is 11.6 Å². The van der Waals surface area contributed by atoms with Gasteiger partial charge in [0.05, 0.1) is 16.7 Å². The van der Waals surface area contributed by atoms with E-state index in [0.29, 0.717) is 29.5 Å². The number of hydrogen-bond acceptors (Lipinski definition) is 4. The van der Waals surface area contributed by atoms with E-state index >= 15 is 0 Å². The number of carbonyl (C=O) groups is 1. The minimum Gasteiger partial charge on any atom is -0.378 e. The fourth-order valence-corrected chi connectivity index (χ4v) is 2.70. The minimum atomic E-state index is -0.0310. The van der Waals surface area contributed by atoms with Gasteiger partial charge in [0.15, 0.2) is 0 Å². The summed E-state index contributed by atoms with van der Waals surface area (Å²) in [5.41, 5.74) is 0.512. The van der Waals surface area contributed by atoms with E-state index < -0.39 is 0 Å². The molecule has 0 aromatic carbocycles. The third kappa shape index (κ3) is 4.08. The molecule has 1 aliphatic rings. The van der Waals surface area contributed by atoms with Crippen molar-refractivity contribution in [2.75, 3.05) is 31.6 Å². The van der Waals surface area contributed by atoms with Gasteiger partial charge >= 0.3 is 0 Å². The van der Waals surface area contributed by atoms with Crippen molar-refractivity contribution in [2.24, 2.45) is 0 Å². The number of halogens is 1. The van der Waals surface area contributed by atoms with Crippen LogP contribution in [0.2, 0.25) is 5.02 Å². The zero-order valence-electron chi connectivity index (χ0n) is 12.6. The summed E-state index contributed by atoms with van der Waals surface area (Å²) in [6, 6.07) is 1.72. The molecule has 0 unspecified atom stereocenters. The van der Waals surface area contributed by atoms with Crippen LogP contribution in [0.1, 0.15) is 37.0 Å². The van der Waals surface area contributed by atoms with Gasteiger partial charge in [-0.15, -0.1) is 0 Å². The first-order valence-electron chi connectivity index (χ1n) is 7.46. The van der Waals surface area contributed by atoms with Crippen LogP contribution in [0.3, 0.4) is 0 Å². The first kappa shape index (κ1) is 16.0. The minimum absolute atomic E-state index is 0.0310. The third-order valence-electron chi connectivity index (χ3n) is 3.58. The zero-order chi connectivity index (χ0) is 15.2. The smallest absolute Gasteiger partial charge is 0.255 e. The summed E-state index contributed by atoms with van der Waals surface area (Å²) < 4.78 is 5.61. The first-order chi connectivity index (χ1) is 10.2. The fourth-order valence-electron chi connectivity index (χ4n) is 2.51. The van der Waals surface area contributed by atoms with Gasteiger partial charge in [-0.3, -0.25) is 4.79 Å². The van der Waals surface area contributed by atoms with Crippen LogP contribution in [0.4, 0.5) is 5.82 Å². The van der Waals surface area contributed by atoms with Crippen molar-refractivity contribution in [3.05, 3.63) is 22.8 Å². The lowest BCUT2D eigenvalue weighted by atomic mass is 10.1. The first-order valence-corrected chi connectivity index (χ1v) is 7.83. The summed E-state index contributed by atoms with van der Waals surface area (Å²) in [6.07, 6.45) is 3.55. The summed E-state index contributed by atoms with van der Waals surface area (Å²) in [7, 11) is 0. The molecule has 6 heteroatoms. The number of aromatic nitrogens is 1. The highest BCUT2D eigenvalue weighted by Crippen LogP contribution is 2.22. The Labute approximate surface area is 130 Å². The Kier molecular flexibility index (Phi) is 5.82. The molecule has 0 bridgehead atoms. The van der Waals surface area contributed by atoms with E-state index in [1.165, 1.54) is 6.20 Å². The zero-order valence-corrected chi connectivity index (χ0v) is 13.3. The molecule has 0 radical (unpaired) electrons. The molecule has 1 aromatic rings. The SMILES string of the molecule is CCNc1cc(C(=O)N2CCC(OCC)CC2)c(Cl)cn1. The summed E-state index contributed by atoms with van der Waals surface area (Å²) in [5, 5.41) is 3.49. The number of likely N-dealkylation sites (tertiary alicyclic amines) is 1. The molecule has 2 heterocycles. The van der Waals surface area contributed by atoms with Crippen LogP contribution in [0.15, 0.2) is 12.3 Å². The molecule has 116 valence electrons. The van der Waals surface area contributed by atoms with E-state index in [1.54, 1.807) is 6.07 Å². The highest BCUT2D eigenvalue weighted by molar-refractivity contribution is 6.33. The summed E-state index contributed by atoms with van der Waals surface area (Å²) in [4.78, 5) is 18.6. The molecule has 21 heavy (non-hydrogen) atoms. The maximum atomic E-state index is 12.6. The predicted octanol–water partition coefficient (Wildman–Crippen LogP) is 2.81. The standard InChI is InChI=1S/C15H22ClN3O2/c1-3-17-14-9-12(13(16)10-18-14)15(20)19-7-5-11(6-8-19)21-4-2/h9-11H,3-8H2,1-2H3,(H,17,18). The Morgan fingerprint density at radius 2 is 2.19 bits per heavy atom. The summed E-state index contributed by atoms with van der Waals surface area (Å²) >= 11 is 6.13. The number of nitrogens with one attached hydrogen (secondary N) is 1. The van der Waals surface area contributed by atoms with Gasteiger partial charge in [0.25, 0.3) is 5.91 Å². The van der Waals surface area contributed by atoms with Gasteiger partial charge in [0.2, 0.25) is 0 Å². The Morgan fingerprint density at radius 3 is 2.81 bits per heavy atom. The van der Waals surface area contributed by atoms with Crippen LogP contribution >= 0.6 is 11.6 Å².